The molecule has 2 aromatic carbocycles. The van der Waals surface area contributed by atoms with Crippen LogP contribution in [0.25, 0.3) is 0 Å². The van der Waals surface area contributed by atoms with Gasteiger partial charge in [-0.2, -0.15) is 0 Å². The van der Waals surface area contributed by atoms with E-state index in [2.05, 4.69) is 5.32 Å². The smallest absolute Gasteiger partial charge is 0.292 e. The molecule has 2 aromatic rings. The van der Waals surface area contributed by atoms with Crippen molar-refractivity contribution in [3.05, 3.63) is 62.7 Å². The van der Waals surface area contributed by atoms with Gasteiger partial charge in [-0.05, 0) is 37.6 Å². The third-order valence-corrected chi connectivity index (χ3v) is 3.41. The van der Waals surface area contributed by atoms with E-state index in [-0.39, 0.29) is 17.5 Å². The highest BCUT2D eigenvalue weighted by Gasteiger charge is 2.18. The predicted molar refractivity (Wildman–Crippen MR) is 83.0 cm³/mol. The van der Waals surface area contributed by atoms with Crippen molar-refractivity contribution in [1.29, 1.82) is 0 Å². The number of halogens is 1. The second-order valence-electron chi connectivity index (χ2n) is 4.85. The van der Waals surface area contributed by atoms with E-state index < -0.39 is 4.92 Å². The van der Waals surface area contributed by atoms with Crippen LogP contribution < -0.4 is 5.32 Å². The van der Waals surface area contributed by atoms with Gasteiger partial charge in [-0.3, -0.25) is 10.1 Å². The number of phenolic OH excluding ortho intramolecular Hbond substituents is 1. The molecule has 2 rings (SSSR count). The average molecular weight is 307 g/mol. The number of aryl methyl sites for hydroxylation is 1. The molecule has 2 N–H and O–H groups in total. The Morgan fingerprint density at radius 2 is 2.00 bits per heavy atom. The summed E-state index contributed by atoms with van der Waals surface area (Å²) in [4.78, 5) is 10.6. The topological polar surface area (TPSA) is 75.4 Å². The molecule has 0 saturated carbocycles. The zero-order valence-corrected chi connectivity index (χ0v) is 12.4. The Morgan fingerprint density at radius 1 is 1.29 bits per heavy atom. The maximum Gasteiger partial charge on any atom is 0.292 e. The number of benzene rings is 2. The molecule has 0 heterocycles. The van der Waals surface area contributed by atoms with Crippen LogP contribution in [0.5, 0.6) is 5.75 Å². The summed E-state index contributed by atoms with van der Waals surface area (Å²) in [6.07, 6.45) is 0. The average Bonchev–Trinajstić information content (AvgIpc) is 2.37. The van der Waals surface area contributed by atoms with Crippen LogP contribution in [0.15, 0.2) is 36.4 Å². The molecular weight excluding hydrogens is 292 g/mol. The number of nitro benzene ring substituents is 1. The fourth-order valence-electron chi connectivity index (χ4n) is 2.11. The molecule has 0 spiro atoms. The quantitative estimate of drug-likeness (QED) is 0.647. The van der Waals surface area contributed by atoms with Crippen LogP contribution >= 0.6 is 11.6 Å². The van der Waals surface area contributed by atoms with E-state index in [9.17, 15) is 15.2 Å². The van der Waals surface area contributed by atoms with Gasteiger partial charge in [0.15, 0.2) is 0 Å². The lowest BCUT2D eigenvalue weighted by molar-refractivity contribution is -0.384. The number of hydrogen-bond donors (Lipinski definition) is 2. The van der Waals surface area contributed by atoms with Crippen LogP contribution in [-0.2, 0) is 0 Å². The molecular formula is C15H15ClN2O3. The largest absolute Gasteiger partial charge is 0.508 e. The molecule has 0 radical (unpaired) electrons. The highest BCUT2D eigenvalue weighted by molar-refractivity contribution is 6.31. The zero-order valence-electron chi connectivity index (χ0n) is 11.6. The first-order valence-electron chi connectivity index (χ1n) is 6.38. The van der Waals surface area contributed by atoms with Gasteiger partial charge in [-0.15, -0.1) is 0 Å². The lowest BCUT2D eigenvalue weighted by atomic mass is 10.0. The molecule has 0 aliphatic rings. The SMILES string of the molecule is Cc1ccc(C(C)Nc2cc(Cl)ccc2[N+](=O)[O-])c(O)c1. The maximum atomic E-state index is 11.0. The summed E-state index contributed by atoms with van der Waals surface area (Å²) in [5.74, 6) is 0.152. The van der Waals surface area contributed by atoms with Gasteiger partial charge < -0.3 is 10.4 Å². The predicted octanol–water partition coefficient (Wildman–Crippen LogP) is 4.44. The fraction of sp³-hybridized carbons (Fsp3) is 0.200. The first-order chi connectivity index (χ1) is 9.88. The van der Waals surface area contributed by atoms with Crippen LogP contribution in [0.3, 0.4) is 0 Å². The van der Waals surface area contributed by atoms with Crippen molar-refractivity contribution >= 4 is 23.0 Å². The number of nitro groups is 1. The van der Waals surface area contributed by atoms with Crippen molar-refractivity contribution < 1.29 is 10.0 Å². The maximum absolute atomic E-state index is 11.0. The Morgan fingerprint density at radius 3 is 2.62 bits per heavy atom. The molecule has 21 heavy (non-hydrogen) atoms. The molecule has 0 aliphatic heterocycles. The molecule has 6 heteroatoms. The normalized spacial score (nSPS) is 12.0. The number of phenols is 1. The second-order valence-corrected chi connectivity index (χ2v) is 5.28. The summed E-state index contributed by atoms with van der Waals surface area (Å²) in [5, 5.41) is 24.4. The number of aromatic hydroxyl groups is 1. The monoisotopic (exact) mass is 306 g/mol. The summed E-state index contributed by atoms with van der Waals surface area (Å²) in [5.41, 5.74) is 1.87. The van der Waals surface area contributed by atoms with Gasteiger partial charge >= 0.3 is 0 Å². The third kappa shape index (κ3) is 3.44. The zero-order chi connectivity index (χ0) is 15.6. The molecule has 110 valence electrons. The van der Waals surface area contributed by atoms with Crippen molar-refractivity contribution in [1.82, 2.24) is 0 Å². The highest BCUT2D eigenvalue weighted by atomic mass is 35.5. The van der Waals surface area contributed by atoms with Gasteiger partial charge in [0.2, 0.25) is 0 Å². The van der Waals surface area contributed by atoms with Crippen LogP contribution in [-0.4, -0.2) is 10.0 Å². The fourth-order valence-corrected chi connectivity index (χ4v) is 2.29. The Bertz CT molecular complexity index is 689. The van der Waals surface area contributed by atoms with Crippen LogP contribution in [0, 0.1) is 17.0 Å². The molecule has 0 aromatic heterocycles. The number of nitrogens with zero attached hydrogens (tertiary/aromatic N) is 1. The van der Waals surface area contributed by atoms with E-state index in [1.165, 1.54) is 18.2 Å². The molecule has 0 aliphatic carbocycles. The van der Waals surface area contributed by atoms with Crippen LogP contribution in [0.1, 0.15) is 24.1 Å². The van der Waals surface area contributed by atoms with Gasteiger partial charge in [0.05, 0.1) is 11.0 Å². The Balaban J connectivity index is 2.33. The Hall–Kier alpha value is -2.27. The van der Waals surface area contributed by atoms with E-state index in [0.717, 1.165) is 5.56 Å². The van der Waals surface area contributed by atoms with E-state index in [4.69, 9.17) is 11.6 Å². The third-order valence-electron chi connectivity index (χ3n) is 3.18. The van der Waals surface area contributed by atoms with Crippen molar-refractivity contribution in [2.75, 3.05) is 5.32 Å². The molecule has 1 unspecified atom stereocenters. The minimum Gasteiger partial charge on any atom is -0.508 e. The summed E-state index contributed by atoms with van der Waals surface area (Å²) in [6.45, 7) is 3.69. The minimum atomic E-state index is -0.472. The van der Waals surface area contributed by atoms with Crippen LogP contribution in [0.4, 0.5) is 11.4 Å². The number of hydrogen-bond acceptors (Lipinski definition) is 4. The number of anilines is 1. The first-order valence-corrected chi connectivity index (χ1v) is 6.76. The Kier molecular flexibility index (Phi) is 4.33. The molecule has 0 fully saturated rings. The summed E-state index contributed by atoms with van der Waals surface area (Å²) in [6, 6.07) is 9.34. The molecule has 0 amide bonds. The van der Waals surface area contributed by atoms with Crippen molar-refractivity contribution in [3.8, 4) is 5.75 Å². The van der Waals surface area contributed by atoms with Gasteiger partial charge in [0.1, 0.15) is 11.4 Å². The summed E-state index contributed by atoms with van der Waals surface area (Å²) >= 11 is 5.89. The standard InChI is InChI=1S/C15H15ClN2O3/c1-9-3-5-12(15(19)7-9)10(2)17-13-8-11(16)4-6-14(13)18(20)21/h3-8,10,17,19H,1-2H3. The molecule has 0 saturated heterocycles. The number of nitrogens with one attached hydrogen (secondary N) is 1. The van der Waals surface area contributed by atoms with Crippen molar-refractivity contribution in [2.24, 2.45) is 0 Å². The van der Waals surface area contributed by atoms with E-state index in [1.807, 2.05) is 19.9 Å². The van der Waals surface area contributed by atoms with Gasteiger partial charge in [-0.1, -0.05) is 23.7 Å². The van der Waals surface area contributed by atoms with E-state index >= 15 is 0 Å². The van der Waals surface area contributed by atoms with Gasteiger partial charge in [0.25, 0.3) is 5.69 Å². The molecule has 1 atom stereocenters. The number of rotatable bonds is 4. The first kappa shape index (κ1) is 15.1. The van der Waals surface area contributed by atoms with Crippen molar-refractivity contribution in [3.63, 3.8) is 0 Å². The van der Waals surface area contributed by atoms with Gasteiger partial charge in [-0.25, -0.2) is 0 Å². The van der Waals surface area contributed by atoms with E-state index in [1.54, 1.807) is 12.1 Å². The molecule has 0 bridgehead atoms. The summed E-state index contributed by atoms with van der Waals surface area (Å²) in [7, 11) is 0. The Labute approximate surface area is 127 Å². The highest BCUT2D eigenvalue weighted by Crippen LogP contribution is 2.33. The second kappa shape index (κ2) is 6.01. The summed E-state index contributed by atoms with van der Waals surface area (Å²) < 4.78 is 0. The lowest BCUT2D eigenvalue weighted by Crippen LogP contribution is -2.08. The van der Waals surface area contributed by atoms with Gasteiger partial charge in [0, 0.05) is 16.7 Å². The van der Waals surface area contributed by atoms with Crippen molar-refractivity contribution in [2.45, 2.75) is 19.9 Å². The molecule has 5 nitrogen and oxygen atoms in total. The lowest BCUT2D eigenvalue weighted by Gasteiger charge is -2.17. The van der Waals surface area contributed by atoms with E-state index in [0.29, 0.717) is 16.3 Å². The minimum absolute atomic E-state index is 0.0575. The van der Waals surface area contributed by atoms with Crippen LogP contribution in [0.2, 0.25) is 5.02 Å².